The van der Waals surface area contributed by atoms with Crippen molar-refractivity contribution in [1.82, 2.24) is 14.4 Å². The van der Waals surface area contributed by atoms with Gasteiger partial charge in [0.2, 0.25) is 0 Å². The third-order valence-electron chi connectivity index (χ3n) is 8.94. The number of amides is 2. The number of aliphatic hydroxyl groups excluding tert-OH is 1. The van der Waals surface area contributed by atoms with Crippen LogP contribution in [0.2, 0.25) is 0 Å². The zero-order valence-corrected chi connectivity index (χ0v) is 23.7. The molecule has 0 radical (unpaired) electrons. The predicted octanol–water partition coefficient (Wildman–Crippen LogP) is 4.71. The number of aromatic nitrogens is 1. The fourth-order valence-electron chi connectivity index (χ4n) is 6.42. The molecule has 0 bridgehead atoms. The Morgan fingerprint density at radius 3 is 2.45 bits per heavy atom. The van der Waals surface area contributed by atoms with Crippen LogP contribution in [-0.2, 0) is 13.1 Å². The Bertz CT molecular complexity index is 1500. The lowest BCUT2D eigenvalue weighted by molar-refractivity contribution is 0.0653. The van der Waals surface area contributed by atoms with Crippen LogP contribution in [-0.4, -0.2) is 70.6 Å². The van der Waals surface area contributed by atoms with Crippen molar-refractivity contribution in [3.63, 3.8) is 0 Å². The van der Waals surface area contributed by atoms with Crippen molar-refractivity contribution >= 4 is 23.1 Å². The van der Waals surface area contributed by atoms with Crippen molar-refractivity contribution in [2.75, 3.05) is 38.1 Å². The van der Waals surface area contributed by atoms with Gasteiger partial charge in [0.1, 0.15) is 5.69 Å². The molecular formula is C33H38N4O3. The molecule has 1 unspecified atom stereocenters. The van der Waals surface area contributed by atoms with Crippen LogP contribution in [0.15, 0.2) is 60.2 Å². The largest absolute Gasteiger partial charge is 0.389 e. The van der Waals surface area contributed by atoms with Crippen LogP contribution < -0.4 is 4.90 Å². The van der Waals surface area contributed by atoms with E-state index in [4.69, 9.17) is 0 Å². The van der Waals surface area contributed by atoms with Gasteiger partial charge in [-0.05, 0) is 98.3 Å². The van der Waals surface area contributed by atoms with Crippen molar-refractivity contribution in [3.05, 3.63) is 93.8 Å². The molecule has 1 fully saturated rings. The first-order valence-electron chi connectivity index (χ1n) is 14.4. The first kappa shape index (κ1) is 26.5. The highest BCUT2D eigenvalue weighted by Gasteiger charge is 2.30. The molecule has 2 aromatic carbocycles. The molecule has 3 aromatic rings. The number of anilines is 1. The summed E-state index contributed by atoms with van der Waals surface area (Å²) in [5, 5.41) is 10.4. The summed E-state index contributed by atoms with van der Waals surface area (Å²) in [6.45, 7) is 8.20. The molecule has 2 amide bonds. The van der Waals surface area contributed by atoms with Gasteiger partial charge < -0.3 is 24.4 Å². The molecule has 3 heterocycles. The number of aliphatic hydroxyl groups is 1. The van der Waals surface area contributed by atoms with E-state index in [1.807, 2.05) is 78.2 Å². The van der Waals surface area contributed by atoms with Gasteiger partial charge in [0.25, 0.3) is 11.8 Å². The summed E-state index contributed by atoms with van der Waals surface area (Å²) in [6.07, 6.45) is 2.34. The number of hydrogen-bond acceptors (Lipinski definition) is 4. The number of carbonyl (C=O) groups excluding carboxylic acids is 2. The first-order chi connectivity index (χ1) is 19.3. The number of piperazine rings is 1. The molecule has 7 nitrogen and oxygen atoms in total. The maximum Gasteiger partial charge on any atom is 0.270 e. The second-order valence-corrected chi connectivity index (χ2v) is 11.5. The van der Waals surface area contributed by atoms with Gasteiger partial charge in [-0.25, -0.2) is 0 Å². The number of hydrogen-bond donors (Lipinski definition) is 1. The number of allylic oxidation sites excluding steroid dienone is 1. The fourth-order valence-corrected chi connectivity index (χ4v) is 6.42. The number of carbonyl (C=O) groups is 2. The highest BCUT2D eigenvalue weighted by atomic mass is 16.3. The first-order valence-corrected chi connectivity index (χ1v) is 14.4. The zero-order chi connectivity index (χ0) is 28.0. The Morgan fingerprint density at radius 2 is 1.68 bits per heavy atom. The number of nitrogens with zero attached hydrogens (tertiary/aromatic N) is 4. The van der Waals surface area contributed by atoms with Crippen molar-refractivity contribution < 1.29 is 14.7 Å². The number of likely N-dealkylation sites (N-methyl/N-ethyl adjacent to an activating group) is 1. The van der Waals surface area contributed by atoms with Crippen LogP contribution in [0, 0.1) is 6.92 Å². The third kappa shape index (κ3) is 4.78. The molecule has 1 aliphatic carbocycles. The third-order valence-corrected chi connectivity index (χ3v) is 8.94. The Kier molecular flexibility index (Phi) is 7.11. The summed E-state index contributed by atoms with van der Waals surface area (Å²) in [6, 6.07) is 17.9. The van der Waals surface area contributed by atoms with E-state index < -0.39 is 0 Å². The fraction of sp³-hybridized carbons (Fsp3) is 0.394. The molecule has 0 spiro atoms. The minimum atomic E-state index is -0.387. The van der Waals surface area contributed by atoms with Gasteiger partial charge in [-0.3, -0.25) is 9.59 Å². The van der Waals surface area contributed by atoms with Gasteiger partial charge in [0, 0.05) is 43.1 Å². The van der Waals surface area contributed by atoms with E-state index in [1.165, 1.54) is 5.57 Å². The number of aryl methyl sites for hydroxylation is 1. The Morgan fingerprint density at radius 1 is 0.900 bits per heavy atom. The van der Waals surface area contributed by atoms with E-state index >= 15 is 0 Å². The molecule has 6 rings (SSSR count). The quantitative estimate of drug-likeness (QED) is 0.525. The standard InChI is InChI=1S/C33H38N4O3/c1-22-19-24(11-13-27(22)28-8-6-10-31(38)23(28)2)32(39)37-21-26-12-14-30(33(40)35-17-15-34(3)16-18-35)36(26)20-25-7-4-5-9-29(25)37/h4-5,7,9,11-14,19,31,38H,6,8,10,15-18,20-21H2,1-3H3. The summed E-state index contributed by atoms with van der Waals surface area (Å²) < 4.78 is 2.09. The minimum absolute atomic E-state index is 0.0558. The minimum Gasteiger partial charge on any atom is -0.389 e. The van der Waals surface area contributed by atoms with Crippen LogP contribution in [0.1, 0.15) is 69.4 Å². The number of para-hydroxylation sites is 1. The van der Waals surface area contributed by atoms with E-state index in [0.29, 0.717) is 24.3 Å². The summed E-state index contributed by atoms with van der Waals surface area (Å²) in [5.41, 5.74) is 8.57. The normalized spacial score (nSPS) is 19.8. The molecule has 208 valence electrons. The number of rotatable bonds is 3. The molecule has 40 heavy (non-hydrogen) atoms. The molecule has 1 atom stereocenters. The zero-order valence-electron chi connectivity index (χ0n) is 23.7. The molecule has 0 saturated carbocycles. The molecule has 1 aromatic heterocycles. The van der Waals surface area contributed by atoms with Crippen LogP contribution in [0.5, 0.6) is 0 Å². The highest BCUT2D eigenvalue weighted by molar-refractivity contribution is 6.07. The van der Waals surface area contributed by atoms with Gasteiger partial charge in [-0.1, -0.05) is 24.3 Å². The average Bonchev–Trinajstić information content (AvgIpc) is 3.27. The molecule has 1 saturated heterocycles. The topological polar surface area (TPSA) is 69.0 Å². The number of benzene rings is 2. The van der Waals surface area contributed by atoms with E-state index in [-0.39, 0.29) is 17.9 Å². The highest BCUT2D eigenvalue weighted by Crippen LogP contribution is 2.35. The maximum absolute atomic E-state index is 14.1. The molecular weight excluding hydrogens is 500 g/mol. The van der Waals surface area contributed by atoms with Crippen molar-refractivity contribution in [2.45, 2.75) is 52.3 Å². The van der Waals surface area contributed by atoms with Crippen LogP contribution in [0.4, 0.5) is 5.69 Å². The van der Waals surface area contributed by atoms with E-state index in [2.05, 4.69) is 16.5 Å². The van der Waals surface area contributed by atoms with E-state index in [0.717, 1.165) is 79.1 Å². The smallest absolute Gasteiger partial charge is 0.270 e. The van der Waals surface area contributed by atoms with Gasteiger partial charge in [-0.2, -0.15) is 0 Å². The molecule has 7 heteroatoms. The van der Waals surface area contributed by atoms with Crippen molar-refractivity contribution in [1.29, 1.82) is 0 Å². The van der Waals surface area contributed by atoms with Crippen molar-refractivity contribution in [2.24, 2.45) is 0 Å². The second kappa shape index (κ2) is 10.7. The SMILES string of the molecule is CC1=C(c2ccc(C(=O)N3Cc4ccc(C(=O)N5CCN(C)CC5)n4Cc4ccccc43)cc2C)CCCC1O. The Hall–Kier alpha value is -3.68. The Labute approximate surface area is 236 Å². The van der Waals surface area contributed by atoms with Gasteiger partial charge in [0.05, 0.1) is 19.2 Å². The summed E-state index contributed by atoms with van der Waals surface area (Å²) >= 11 is 0. The maximum atomic E-state index is 14.1. The van der Waals surface area contributed by atoms with Crippen molar-refractivity contribution in [3.8, 4) is 0 Å². The lowest BCUT2D eigenvalue weighted by atomic mass is 9.84. The molecule has 3 aliphatic rings. The lowest BCUT2D eigenvalue weighted by Crippen LogP contribution is -2.47. The predicted molar refractivity (Wildman–Crippen MR) is 158 cm³/mol. The molecule has 1 N–H and O–H groups in total. The van der Waals surface area contributed by atoms with Crippen LogP contribution >= 0.6 is 0 Å². The summed E-state index contributed by atoms with van der Waals surface area (Å²) in [5.74, 6) is -0.00155. The average molecular weight is 539 g/mol. The van der Waals surface area contributed by atoms with Gasteiger partial charge >= 0.3 is 0 Å². The van der Waals surface area contributed by atoms with E-state index in [1.54, 1.807) is 0 Å². The summed E-state index contributed by atoms with van der Waals surface area (Å²) in [7, 11) is 2.08. The monoisotopic (exact) mass is 538 g/mol. The van der Waals surface area contributed by atoms with Crippen LogP contribution in [0.25, 0.3) is 5.57 Å². The summed E-state index contributed by atoms with van der Waals surface area (Å²) in [4.78, 5) is 33.6. The van der Waals surface area contributed by atoms with Gasteiger partial charge in [-0.15, -0.1) is 0 Å². The molecule has 2 aliphatic heterocycles. The van der Waals surface area contributed by atoms with Crippen LogP contribution in [0.3, 0.4) is 0 Å². The number of fused-ring (bicyclic) bond motifs is 2. The van der Waals surface area contributed by atoms with Gasteiger partial charge in [0.15, 0.2) is 0 Å². The second-order valence-electron chi connectivity index (χ2n) is 11.5. The van der Waals surface area contributed by atoms with E-state index in [9.17, 15) is 14.7 Å². The lowest BCUT2D eigenvalue weighted by Gasteiger charge is -2.32. The Balaban J connectivity index is 1.32.